The van der Waals surface area contributed by atoms with Crippen molar-refractivity contribution in [3.63, 3.8) is 0 Å². The number of para-hydroxylation sites is 1. The standard InChI is InChI=1S/C15H18N4O/c1-2-6-15(16)9-19(10-15)14(20)11-4-3-5-12-13(11)18-8-7-17-12/h3-5,7-8H,2,6,9-10,16H2,1H3. The molecule has 5 nitrogen and oxygen atoms in total. The molecule has 1 saturated heterocycles. The van der Waals surface area contributed by atoms with E-state index in [4.69, 9.17) is 5.73 Å². The molecular weight excluding hydrogens is 252 g/mol. The molecule has 1 aromatic carbocycles. The van der Waals surface area contributed by atoms with Crippen LogP contribution >= 0.6 is 0 Å². The van der Waals surface area contributed by atoms with Gasteiger partial charge >= 0.3 is 0 Å². The summed E-state index contributed by atoms with van der Waals surface area (Å²) in [6.45, 7) is 3.35. The fraction of sp³-hybridized carbons (Fsp3) is 0.400. The molecule has 2 aromatic rings. The Morgan fingerprint density at radius 3 is 2.85 bits per heavy atom. The number of carbonyl (C=O) groups is 1. The summed E-state index contributed by atoms with van der Waals surface area (Å²) < 4.78 is 0. The smallest absolute Gasteiger partial charge is 0.256 e. The molecule has 1 aliphatic rings. The van der Waals surface area contributed by atoms with Crippen LogP contribution < -0.4 is 5.73 Å². The van der Waals surface area contributed by atoms with E-state index in [9.17, 15) is 4.79 Å². The zero-order chi connectivity index (χ0) is 14.2. The number of nitrogens with zero attached hydrogens (tertiary/aromatic N) is 3. The van der Waals surface area contributed by atoms with Gasteiger partial charge in [-0.15, -0.1) is 0 Å². The highest BCUT2D eigenvalue weighted by Gasteiger charge is 2.41. The van der Waals surface area contributed by atoms with Crippen molar-refractivity contribution in [1.82, 2.24) is 14.9 Å². The van der Waals surface area contributed by atoms with E-state index >= 15 is 0 Å². The number of hydrogen-bond acceptors (Lipinski definition) is 4. The molecular formula is C15H18N4O. The lowest BCUT2D eigenvalue weighted by molar-refractivity contribution is 0.0388. The highest BCUT2D eigenvalue weighted by molar-refractivity contribution is 6.05. The lowest BCUT2D eigenvalue weighted by Gasteiger charge is -2.47. The van der Waals surface area contributed by atoms with Crippen molar-refractivity contribution in [1.29, 1.82) is 0 Å². The minimum atomic E-state index is -0.208. The Morgan fingerprint density at radius 2 is 2.10 bits per heavy atom. The van der Waals surface area contributed by atoms with E-state index in [1.807, 2.05) is 12.1 Å². The van der Waals surface area contributed by atoms with Crippen LogP contribution in [0.2, 0.25) is 0 Å². The number of aromatic nitrogens is 2. The molecule has 0 atom stereocenters. The average molecular weight is 270 g/mol. The Balaban J connectivity index is 1.84. The summed E-state index contributed by atoms with van der Waals surface area (Å²) in [5.74, 6) is -0.00622. The number of fused-ring (bicyclic) bond motifs is 1. The Kier molecular flexibility index (Phi) is 3.14. The first-order valence-corrected chi connectivity index (χ1v) is 6.91. The van der Waals surface area contributed by atoms with Crippen LogP contribution in [0.25, 0.3) is 11.0 Å². The molecule has 1 amide bonds. The average Bonchev–Trinajstić information content (AvgIpc) is 2.43. The maximum absolute atomic E-state index is 12.5. The summed E-state index contributed by atoms with van der Waals surface area (Å²) in [4.78, 5) is 22.8. The van der Waals surface area contributed by atoms with Gasteiger partial charge < -0.3 is 10.6 Å². The van der Waals surface area contributed by atoms with Gasteiger partial charge in [0.05, 0.1) is 16.6 Å². The summed E-state index contributed by atoms with van der Waals surface area (Å²) >= 11 is 0. The van der Waals surface area contributed by atoms with Crippen molar-refractivity contribution in [2.45, 2.75) is 25.3 Å². The minimum absolute atomic E-state index is 0.00622. The third-order valence-electron chi connectivity index (χ3n) is 3.78. The van der Waals surface area contributed by atoms with E-state index in [1.54, 1.807) is 23.4 Å². The van der Waals surface area contributed by atoms with E-state index in [1.165, 1.54) is 0 Å². The fourth-order valence-corrected chi connectivity index (χ4v) is 2.85. The Morgan fingerprint density at radius 1 is 1.35 bits per heavy atom. The quantitative estimate of drug-likeness (QED) is 0.919. The maximum atomic E-state index is 12.5. The lowest BCUT2D eigenvalue weighted by atomic mass is 9.86. The Bertz CT molecular complexity index is 644. The zero-order valence-electron chi connectivity index (χ0n) is 11.5. The van der Waals surface area contributed by atoms with Crippen molar-refractivity contribution >= 4 is 16.9 Å². The predicted octanol–water partition coefficient (Wildman–Crippen LogP) is 1.58. The van der Waals surface area contributed by atoms with Crippen molar-refractivity contribution in [2.75, 3.05) is 13.1 Å². The molecule has 0 aliphatic carbocycles. The highest BCUT2D eigenvalue weighted by Crippen LogP contribution is 2.26. The van der Waals surface area contributed by atoms with E-state index in [0.29, 0.717) is 24.2 Å². The first-order valence-electron chi connectivity index (χ1n) is 6.91. The maximum Gasteiger partial charge on any atom is 0.256 e. The number of benzene rings is 1. The number of likely N-dealkylation sites (tertiary alicyclic amines) is 1. The number of amides is 1. The molecule has 2 N–H and O–H groups in total. The monoisotopic (exact) mass is 270 g/mol. The van der Waals surface area contributed by atoms with Gasteiger partial charge in [-0.05, 0) is 18.6 Å². The normalized spacial score (nSPS) is 17.0. The SMILES string of the molecule is CCCC1(N)CN(C(=O)c2cccc3nccnc23)C1. The summed E-state index contributed by atoms with van der Waals surface area (Å²) in [7, 11) is 0. The number of carbonyl (C=O) groups excluding carboxylic acids is 1. The number of rotatable bonds is 3. The first kappa shape index (κ1) is 13.0. The molecule has 1 aliphatic heterocycles. The van der Waals surface area contributed by atoms with Crippen LogP contribution in [0, 0.1) is 0 Å². The van der Waals surface area contributed by atoms with Gasteiger partial charge in [-0.25, -0.2) is 0 Å². The van der Waals surface area contributed by atoms with E-state index < -0.39 is 0 Å². The predicted molar refractivity (Wildman–Crippen MR) is 77.3 cm³/mol. The van der Waals surface area contributed by atoms with Gasteiger partial charge in [-0.3, -0.25) is 14.8 Å². The molecule has 2 heterocycles. The molecule has 0 unspecified atom stereocenters. The van der Waals surface area contributed by atoms with Crippen LogP contribution in [0.3, 0.4) is 0 Å². The second kappa shape index (κ2) is 4.83. The van der Waals surface area contributed by atoms with Crippen molar-refractivity contribution in [3.8, 4) is 0 Å². The molecule has 0 radical (unpaired) electrons. The molecule has 1 fully saturated rings. The summed E-state index contributed by atoms with van der Waals surface area (Å²) in [6.07, 6.45) is 5.23. The van der Waals surface area contributed by atoms with Crippen molar-refractivity contribution in [3.05, 3.63) is 36.2 Å². The largest absolute Gasteiger partial charge is 0.335 e. The van der Waals surface area contributed by atoms with Crippen LogP contribution in [0.5, 0.6) is 0 Å². The minimum Gasteiger partial charge on any atom is -0.335 e. The van der Waals surface area contributed by atoms with E-state index in [2.05, 4.69) is 16.9 Å². The Labute approximate surface area is 117 Å². The molecule has 0 bridgehead atoms. The Hall–Kier alpha value is -2.01. The third-order valence-corrected chi connectivity index (χ3v) is 3.78. The molecule has 3 rings (SSSR count). The van der Waals surface area contributed by atoms with Crippen LogP contribution in [0.1, 0.15) is 30.1 Å². The van der Waals surface area contributed by atoms with Gasteiger partial charge in [0.15, 0.2) is 0 Å². The van der Waals surface area contributed by atoms with Gasteiger partial charge in [0, 0.05) is 25.5 Å². The van der Waals surface area contributed by atoms with Crippen LogP contribution in [-0.4, -0.2) is 39.4 Å². The van der Waals surface area contributed by atoms with Gasteiger partial charge in [0.25, 0.3) is 5.91 Å². The van der Waals surface area contributed by atoms with Crippen molar-refractivity contribution < 1.29 is 4.79 Å². The molecule has 1 aromatic heterocycles. The second-order valence-electron chi connectivity index (χ2n) is 5.50. The van der Waals surface area contributed by atoms with Crippen LogP contribution in [0.4, 0.5) is 0 Å². The van der Waals surface area contributed by atoms with Gasteiger partial charge in [0.1, 0.15) is 5.52 Å². The molecule has 5 heteroatoms. The van der Waals surface area contributed by atoms with E-state index in [-0.39, 0.29) is 11.4 Å². The summed E-state index contributed by atoms with van der Waals surface area (Å²) in [6, 6.07) is 5.50. The number of hydrogen-bond donors (Lipinski definition) is 1. The molecule has 0 saturated carbocycles. The summed E-state index contributed by atoms with van der Waals surface area (Å²) in [5, 5.41) is 0. The highest BCUT2D eigenvalue weighted by atomic mass is 16.2. The fourth-order valence-electron chi connectivity index (χ4n) is 2.85. The zero-order valence-corrected chi connectivity index (χ0v) is 11.5. The van der Waals surface area contributed by atoms with Gasteiger partial charge in [-0.1, -0.05) is 19.4 Å². The number of nitrogens with two attached hydrogens (primary N) is 1. The third kappa shape index (κ3) is 2.14. The van der Waals surface area contributed by atoms with E-state index in [0.717, 1.165) is 18.4 Å². The van der Waals surface area contributed by atoms with Gasteiger partial charge in [-0.2, -0.15) is 0 Å². The van der Waals surface area contributed by atoms with Crippen LogP contribution in [0.15, 0.2) is 30.6 Å². The lowest BCUT2D eigenvalue weighted by Crippen LogP contribution is -2.68. The molecule has 20 heavy (non-hydrogen) atoms. The first-order chi connectivity index (χ1) is 9.63. The van der Waals surface area contributed by atoms with Crippen LogP contribution in [-0.2, 0) is 0 Å². The molecule has 0 spiro atoms. The summed E-state index contributed by atoms with van der Waals surface area (Å²) in [5.41, 5.74) is 8.01. The van der Waals surface area contributed by atoms with Gasteiger partial charge in [0.2, 0.25) is 0 Å². The van der Waals surface area contributed by atoms with Crippen molar-refractivity contribution in [2.24, 2.45) is 5.73 Å². The topological polar surface area (TPSA) is 72.1 Å². The molecule has 104 valence electrons. The second-order valence-corrected chi connectivity index (χ2v) is 5.50.